The van der Waals surface area contributed by atoms with Crippen LogP contribution in [0.25, 0.3) is 0 Å². The second-order valence-corrected chi connectivity index (χ2v) is 6.42. The summed E-state index contributed by atoms with van der Waals surface area (Å²) in [7, 11) is 3.75. The fourth-order valence-electron chi connectivity index (χ4n) is 3.07. The van der Waals surface area contributed by atoms with Crippen LogP contribution in [-0.4, -0.2) is 47.9 Å². The van der Waals surface area contributed by atoms with Crippen molar-refractivity contribution in [1.82, 2.24) is 14.8 Å². The fraction of sp³-hybridized carbons (Fsp3) is 0.444. The summed E-state index contributed by atoms with van der Waals surface area (Å²) in [6, 6.07) is 6.52. The monoisotopic (exact) mass is 331 g/mol. The van der Waals surface area contributed by atoms with Gasteiger partial charge in [-0.1, -0.05) is 18.2 Å². The van der Waals surface area contributed by atoms with Crippen molar-refractivity contribution in [3.63, 3.8) is 0 Å². The first-order chi connectivity index (χ1) is 11.5. The van der Waals surface area contributed by atoms with Crippen LogP contribution < -0.4 is 0 Å². The van der Waals surface area contributed by atoms with Gasteiger partial charge in [-0.15, -0.1) is 0 Å². The van der Waals surface area contributed by atoms with Crippen LogP contribution in [0.15, 0.2) is 34.9 Å². The summed E-state index contributed by atoms with van der Waals surface area (Å²) in [4.78, 5) is 20.4. The van der Waals surface area contributed by atoms with Crippen molar-refractivity contribution in [2.45, 2.75) is 25.3 Å². The fourth-order valence-corrected chi connectivity index (χ4v) is 3.07. The van der Waals surface area contributed by atoms with Crippen LogP contribution in [0.4, 0.5) is 4.39 Å². The summed E-state index contributed by atoms with van der Waals surface area (Å²) in [5, 5.41) is 0. The predicted octanol–water partition coefficient (Wildman–Crippen LogP) is 2.63. The molecule has 24 heavy (non-hydrogen) atoms. The maximum absolute atomic E-state index is 13.8. The van der Waals surface area contributed by atoms with Gasteiger partial charge in [-0.05, 0) is 38.6 Å². The number of benzene rings is 1. The SMILES string of the molecule is CN(C)CC(=O)N1CCC[C@H]1c1ncc(Cc2ccccc2F)o1. The first kappa shape index (κ1) is 16.6. The molecule has 5 nitrogen and oxygen atoms in total. The number of likely N-dealkylation sites (N-methyl/N-ethyl adjacent to an activating group) is 1. The molecule has 0 aliphatic carbocycles. The molecule has 0 radical (unpaired) electrons. The largest absolute Gasteiger partial charge is 0.443 e. The Balaban J connectivity index is 1.72. The Hall–Kier alpha value is -2.21. The number of oxazole rings is 1. The molecule has 0 N–H and O–H groups in total. The van der Waals surface area contributed by atoms with Gasteiger partial charge in [-0.3, -0.25) is 4.79 Å². The molecule has 2 heterocycles. The average Bonchev–Trinajstić information content (AvgIpc) is 3.17. The summed E-state index contributed by atoms with van der Waals surface area (Å²) in [5.74, 6) is 0.989. The Labute approximate surface area is 141 Å². The molecule has 0 spiro atoms. The number of carbonyl (C=O) groups excluding carboxylic acids is 1. The van der Waals surface area contributed by atoms with Crippen LogP contribution in [0.5, 0.6) is 0 Å². The zero-order chi connectivity index (χ0) is 17.1. The molecule has 0 unspecified atom stereocenters. The van der Waals surface area contributed by atoms with Crippen LogP contribution in [0.2, 0.25) is 0 Å². The van der Waals surface area contributed by atoms with Crippen molar-refractivity contribution in [3.8, 4) is 0 Å². The van der Waals surface area contributed by atoms with Gasteiger partial charge < -0.3 is 14.2 Å². The average molecular weight is 331 g/mol. The third kappa shape index (κ3) is 3.64. The van der Waals surface area contributed by atoms with Gasteiger partial charge in [0.1, 0.15) is 17.6 Å². The van der Waals surface area contributed by atoms with E-state index in [1.807, 2.05) is 23.9 Å². The van der Waals surface area contributed by atoms with Crippen molar-refractivity contribution >= 4 is 5.91 Å². The molecule has 1 aliphatic heterocycles. The lowest BCUT2D eigenvalue weighted by atomic mass is 10.1. The van der Waals surface area contributed by atoms with E-state index in [2.05, 4.69) is 4.98 Å². The van der Waals surface area contributed by atoms with E-state index in [0.29, 0.717) is 30.2 Å². The Morgan fingerprint density at radius 1 is 1.42 bits per heavy atom. The minimum absolute atomic E-state index is 0.0800. The van der Waals surface area contributed by atoms with Crippen molar-refractivity contribution in [3.05, 3.63) is 53.5 Å². The number of likely N-dealkylation sites (tertiary alicyclic amines) is 1. The molecule has 3 rings (SSSR count). The van der Waals surface area contributed by atoms with Crippen LogP contribution >= 0.6 is 0 Å². The van der Waals surface area contributed by atoms with E-state index in [1.54, 1.807) is 24.4 Å². The van der Waals surface area contributed by atoms with E-state index in [1.165, 1.54) is 6.07 Å². The summed E-state index contributed by atoms with van der Waals surface area (Å²) in [6.07, 6.45) is 3.78. The second-order valence-electron chi connectivity index (χ2n) is 6.42. The smallest absolute Gasteiger partial charge is 0.237 e. The zero-order valence-electron chi connectivity index (χ0n) is 14.0. The van der Waals surface area contributed by atoms with Crippen molar-refractivity contribution in [2.24, 2.45) is 0 Å². The van der Waals surface area contributed by atoms with Gasteiger partial charge in [-0.25, -0.2) is 9.37 Å². The number of hydrogen-bond acceptors (Lipinski definition) is 4. The normalized spacial score (nSPS) is 17.7. The summed E-state index contributed by atoms with van der Waals surface area (Å²) in [6.45, 7) is 1.10. The second kappa shape index (κ2) is 7.13. The third-order valence-electron chi connectivity index (χ3n) is 4.20. The summed E-state index contributed by atoms with van der Waals surface area (Å²) < 4.78 is 19.6. The number of halogens is 1. The lowest BCUT2D eigenvalue weighted by Crippen LogP contribution is -2.37. The van der Waals surface area contributed by atoms with E-state index in [4.69, 9.17) is 4.42 Å². The van der Waals surface area contributed by atoms with Crippen molar-refractivity contribution < 1.29 is 13.6 Å². The van der Waals surface area contributed by atoms with Crippen LogP contribution in [0.1, 0.15) is 36.1 Å². The first-order valence-corrected chi connectivity index (χ1v) is 8.17. The number of carbonyl (C=O) groups is 1. The predicted molar refractivity (Wildman–Crippen MR) is 88.0 cm³/mol. The molecule has 1 aliphatic rings. The van der Waals surface area contributed by atoms with E-state index in [-0.39, 0.29) is 17.8 Å². The molecular weight excluding hydrogens is 309 g/mol. The minimum Gasteiger partial charge on any atom is -0.443 e. The molecule has 0 saturated carbocycles. The number of nitrogens with zero attached hydrogens (tertiary/aromatic N) is 3. The van der Waals surface area contributed by atoms with Gasteiger partial charge >= 0.3 is 0 Å². The highest BCUT2D eigenvalue weighted by molar-refractivity contribution is 5.78. The van der Waals surface area contributed by atoms with Gasteiger partial charge in [-0.2, -0.15) is 0 Å². The Kier molecular flexibility index (Phi) is 4.94. The highest BCUT2D eigenvalue weighted by Crippen LogP contribution is 2.32. The standard InChI is InChI=1S/C18H22FN3O2/c1-21(2)12-17(23)22-9-5-8-16(22)18-20-11-14(24-18)10-13-6-3-4-7-15(13)19/h3-4,6-7,11,16H,5,8-10,12H2,1-2H3/t16-/m0/s1. The molecule has 1 aromatic heterocycles. The molecule has 2 aromatic rings. The number of amides is 1. The third-order valence-corrected chi connectivity index (χ3v) is 4.20. The lowest BCUT2D eigenvalue weighted by molar-refractivity contribution is -0.133. The Morgan fingerprint density at radius 3 is 2.96 bits per heavy atom. The molecular formula is C18H22FN3O2. The van der Waals surface area contributed by atoms with Gasteiger partial charge in [0.15, 0.2) is 0 Å². The first-order valence-electron chi connectivity index (χ1n) is 8.17. The zero-order valence-corrected chi connectivity index (χ0v) is 14.0. The number of hydrogen-bond donors (Lipinski definition) is 0. The topological polar surface area (TPSA) is 49.6 Å². The van der Waals surface area contributed by atoms with Crippen molar-refractivity contribution in [1.29, 1.82) is 0 Å². The lowest BCUT2D eigenvalue weighted by Gasteiger charge is -2.23. The van der Waals surface area contributed by atoms with E-state index in [0.717, 1.165) is 19.4 Å². The maximum atomic E-state index is 13.8. The Morgan fingerprint density at radius 2 is 2.21 bits per heavy atom. The Bertz CT molecular complexity index is 714. The molecule has 6 heteroatoms. The number of rotatable bonds is 5. The molecule has 1 aromatic carbocycles. The number of aromatic nitrogens is 1. The highest BCUT2D eigenvalue weighted by Gasteiger charge is 2.33. The van der Waals surface area contributed by atoms with Gasteiger partial charge in [0.05, 0.1) is 12.7 Å². The van der Waals surface area contributed by atoms with E-state index < -0.39 is 0 Å². The minimum atomic E-state index is -0.251. The molecule has 1 atom stereocenters. The molecule has 1 saturated heterocycles. The molecule has 1 fully saturated rings. The maximum Gasteiger partial charge on any atom is 0.237 e. The van der Waals surface area contributed by atoms with Crippen molar-refractivity contribution in [2.75, 3.05) is 27.2 Å². The highest BCUT2D eigenvalue weighted by atomic mass is 19.1. The van der Waals surface area contributed by atoms with Gasteiger partial charge in [0.25, 0.3) is 0 Å². The van der Waals surface area contributed by atoms with Crippen LogP contribution in [-0.2, 0) is 11.2 Å². The van der Waals surface area contributed by atoms with E-state index in [9.17, 15) is 9.18 Å². The summed E-state index contributed by atoms with van der Waals surface area (Å²) >= 11 is 0. The van der Waals surface area contributed by atoms with Crippen LogP contribution in [0, 0.1) is 5.82 Å². The molecule has 0 bridgehead atoms. The quantitative estimate of drug-likeness (QED) is 0.845. The molecule has 128 valence electrons. The summed E-state index contributed by atoms with van der Waals surface area (Å²) in [5.41, 5.74) is 0.576. The van der Waals surface area contributed by atoms with E-state index >= 15 is 0 Å². The molecule has 1 amide bonds. The van der Waals surface area contributed by atoms with Gasteiger partial charge in [0.2, 0.25) is 11.8 Å². The van der Waals surface area contributed by atoms with Crippen LogP contribution in [0.3, 0.4) is 0 Å². The van der Waals surface area contributed by atoms with Gasteiger partial charge in [0, 0.05) is 13.0 Å².